The number of carbonyl (C=O) groups is 1. The number of ether oxygens (including phenoxy) is 2. The summed E-state index contributed by atoms with van der Waals surface area (Å²) in [6.45, 7) is 3.15. The van der Waals surface area contributed by atoms with Crippen LogP contribution in [0, 0.1) is 0 Å². The lowest BCUT2D eigenvalue weighted by molar-refractivity contribution is 0.0995. The number of carbonyl (C=O) groups excluding carboxylic acids is 1. The quantitative estimate of drug-likeness (QED) is 0.492. The third-order valence-corrected chi connectivity index (χ3v) is 3.57. The molecule has 1 aromatic carbocycles. The lowest BCUT2D eigenvalue weighted by atomic mass is 10.3. The Morgan fingerprint density at radius 1 is 1.08 bits per heavy atom. The Morgan fingerprint density at radius 3 is 2.54 bits per heavy atom. The number of nitrogens with two attached hydrogens (primary N) is 1. The standard InChI is InChI=1S/C18H25N5O3/c1-25-15-6-2-3-7-16(15)26-11-5-9-20-8-4-10-21-17-13-22-14(12-23-17)18(19)24/h2-3,6-7,12-13,20H,4-5,8-11H2,1H3,(H2,19,24)(H,21,23). The molecule has 1 amide bonds. The highest BCUT2D eigenvalue weighted by molar-refractivity contribution is 5.90. The number of amides is 1. The minimum absolute atomic E-state index is 0.160. The maximum atomic E-state index is 10.9. The summed E-state index contributed by atoms with van der Waals surface area (Å²) in [6, 6.07) is 7.62. The van der Waals surface area contributed by atoms with Gasteiger partial charge in [0, 0.05) is 6.54 Å². The summed E-state index contributed by atoms with van der Waals surface area (Å²) < 4.78 is 11.0. The van der Waals surface area contributed by atoms with Crippen LogP contribution in [0.15, 0.2) is 36.7 Å². The highest BCUT2D eigenvalue weighted by Gasteiger charge is 2.03. The third kappa shape index (κ3) is 6.56. The molecule has 0 aliphatic rings. The van der Waals surface area contributed by atoms with Gasteiger partial charge in [0.25, 0.3) is 5.91 Å². The lowest BCUT2D eigenvalue weighted by Gasteiger charge is -2.10. The highest BCUT2D eigenvalue weighted by Crippen LogP contribution is 2.25. The number of anilines is 1. The second-order valence-corrected chi connectivity index (χ2v) is 5.53. The fraction of sp³-hybridized carbons (Fsp3) is 0.389. The van der Waals surface area contributed by atoms with Crippen LogP contribution in [0.25, 0.3) is 0 Å². The van der Waals surface area contributed by atoms with Crippen molar-refractivity contribution in [1.82, 2.24) is 15.3 Å². The van der Waals surface area contributed by atoms with Gasteiger partial charge >= 0.3 is 0 Å². The molecule has 1 aromatic heterocycles. The number of nitrogens with zero attached hydrogens (tertiary/aromatic N) is 2. The molecule has 0 radical (unpaired) electrons. The second kappa shape index (κ2) is 10.9. The number of rotatable bonds is 12. The first-order valence-corrected chi connectivity index (χ1v) is 8.53. The molecular formula is C18H25N5O3. The Hall–Kier alpha value is -2.87. The average Bonchev–Trinajstić information content (AvgIpc) is 2.67. The van der Waals surface area contributed by atoms with Crippen molar-refractivity contribution in [2.24, 2.45) is 5.73 Å². The molecule has 0 spiro atoms. The van der Waals surface area contributed by atoms with Crippen LogP contribution in [0.3, 0.4) is 0 Å². The van der Waals surface area contributed by atoms with Crippen LogP contribution >= 0.6 is 0 Å². The number of nitrogens with one attached hydrogen (secondary N) is 2. The van der Waals surface area contributed by atoms with Gasteiger partial charge in [-0.2, -0.15) is 0 Å². The van der Waals surface area contributed by atoms with E-state index in [0.717, 1.165) is 44.0 Å². The second-order valence-electron chi connectivity index (χ2n) is 5.53. The number of benzene rings is 1. The number of hydrogen-bond acceptors (Lipinski definition) is 7. The van der Waals surface area contributed by atoms with E-state index in [9.17, 15) is 4.79 Å². The molecule has 0 saturated carbocycles. The summed E-state index contributed by atoms with van der Waals surface area (Å²) in [5.41, 5.74) is 5.28. The number of primary amides is 1. The van der Waals surface area contributed by atoms with Gasteiger partial charge in [0.15, 0.2) is 11.5 Å². The molecule has 4 N–H and O–H groups in total. The van der Waals surface area contributed by atoms with Crippen molar-refractivity contribution in [3.8, 4) is 11.5 Å². The van der Waals surface area contributed by atoms with Gasteiger partial charge in [-0.05, 0) is 38.1 Å². The highest BCUT2D eigenvalue weighted by atomic mass is 16.5. The maximum absolute atomic E-state index is 10.9. The topological polar surface area (TPSA) is 111 Å². The van der Waals surface area contributed by atoms with Crippen molar-refractivity contribution in [1.29, 1.82) is 0 Å². The summed E-state index contributed by atoms with van der Waals surface area (Å²) in [5, 5.41) is 6.50. The van der Waals surface area contributed by atoms with E-state index in [1.54, 1.807) is 7.11 Å². The van der Waals surface area contributed by atoms with Crippen LogP contribution in [-0.2, 0) is 0 Å². The molecule has 0 fully saturated rings. The number of hydrogen-bond donors (Lipinski definition) is 3. The molecule has 0 saturated heterocycles. The average molecular weight is 359 g/mol. The molecule has 8 heteroatoms. The summed E-state index contributed by atoms with van der Waals surface area (Å²) in [7, 11) is 1.63. The number of aromatic nitrogens is 2. The fourth-order valence-corrected chi connectivity index (χ4v) is 2.22. The van der Waals surface area contributed by atoms with Gasteiger partial charge in [-0.3, -0.25) is 4.79 Å². The van der Waals surface area contributed by atoms with Gasteiger partial charge in [-0.1, -0.05) is 12.1 Å². The number of methoxy groups -OCH3 is 1. The van der Waals surface area contributed by atoms with Crippen molar-refractivity contribution in [3.05, 3.63) is 42.4 Å². The lowest BCUT2D eigenvalue weighted by Crippen LogP contribution is -2.21. The molecule has 2 rings (SSSR count). The molecule has 0 aliphatic carbocycles. The monoisotopic (exact) mass is 359 g/mol. The van der Waals surface area contributed by atoms with Crippen molar-refractivity contribution < 1.29 is 14.3 Å². The van der Waals surface area contributed by atoms with E-state index in [-0.39, 0.29) is 5.69 Å². The molecule has 0 atom stereocenters. The van der Waals surface area contributed by atoms with E-state index in [1.165, 1.54) is 12.4 Å². The molecule has 8 nitrogen and oxygen atoms in total. The van der Waals surface area contributed by atoms with Crippen molar-refractivity contribution >= 4 is 11.7 Å². The molecule has 0 unspecified atom stereocenters. The zero-order chi connectivity index (χ0) is 18.6. The van der Waals surface area contributed by atoms with Gasteiger partial charge in [0.1, 0.15) is 11.5 Å². The van der Waals surface area contributed by atoms with Crippen LogP contribution < -0.4 is 25.8 Å². The van der Waals surface area contributed by atoms with Crippen LogP contribution in [0.2, 0.25) is 0 Å². The van der Waals surface area contributed by atoms with Gasteiger partial charge in [0.05, 0.1) is 26.1 Å². The van der Waals surface area contributed by atoms with Crippen molar-refractivity contribution in [3.63, 3.8) is 0 Å². The van der Waals surface area contributed by atoms with Crippen molar-refractivity contribution in [2.75, 3.05) is 38.7 Å². The van der Waals surface area contributed by atoms with E-state index < -0.39 is 5.91 Å². The van der Waals surface area contributed by atoms with Crippen LogP contribution in [0.4, 0.5) is 5.82 Å². The van der Waals surface area contributed by atoms with Crippen molar-refractivity contribution in [2.45, 2.75) is 12.8 Å². The maximum Gasteiger partial charge on any atom is 0.268 e. The SMILES string of the molecule is COc1ccccc1OCCCNCCCNc1cnc(C(N)=O)cn1. The molecule has 0 aliphatic heterocycles. The molecule has 1 heterocycles. The Morgan fingerprint density at radius 2 is 1.85 bits per heavy atom. The molecular weight excluding hydrogens is 334 g/mol. The summed E-state index contributed by atoms with van der Waals surface area (Å²) in [4.78, 5) is 18.9. The fourth-order valence-electron chi connectivity index (χ4n) is 2.22. The first-order valence-electron chi connectivity index (χ1n) is 8.53. The van der Waals surface area contributed by atoms with Crippen LogP contribution in [0.5, 0.6) is 11.5 Å². The Labute approximate surface area is 153 Å². The molecule has 0 bridgehead atoms. The Kier molecular flexibility index (Phi) is 8.14. The third-order valence-electron chi connectivity index (χ3n) is 3.57. The predicted octanol–water partition coefficient (Wildman–Crippen LogP) is 1.44. The predicted molar refractivity (Wildman–Crippen MR) is 99.6 cm³/mol. The largest absolute Gasteiger partial charge is 0.493 e. The zero-order valence-electron chi connectivity index (χ0n) is 14.9. The van der Waals surface area contributed by atoms with Gasteiger partial charge in [0.2, 0.25) is 0 Å². The summed E-state index contributed by atoms with van der Waals surface area (Å²) >= 11 is 0. The van der Waals surface area contributed by atoms with E-state index >= 15 is 0 Å². The van der Waals surface area contributed by atoms with Crippen LogP contribution in [0.1, 0.15) is 23.3 Å². The molecule has 2 aromatic rings. The summed E-state index contributed by atoms with van der Waals surface area (Å²) in [5.74, 6) is 1.56. The first-order chi connectivity index (χ1) is 12.7. The Bertz CT molecular complexity index is 679. The van der Waals surface area contributed by atoms with E-state index in [1.807, 2.05) is 24.3 Å². The van der Waals surface area contributed by atoms with Gasteiger partial charge in [-0.25, -0.2) is 9.97 Å². The Balaban J connectivity index is 1.50. The van der Waals surface area contributed by atoms with E-state index in [4.69, 9.17) is 15.2 Å². The van der Waals surface area contributed by atoms with Gasteiger partial charge in [-0.15, -0.1) is 0 Å². The van der Waals surface area contributed by atoms with E-state index in [0.29, 0.717) is 12.4 Å². The first kappa shape index (κ1) is 19.5. The smallest absolute Gasteiger partial charge is 0.268 e. The minimum Gasteiger partial charge on any atom is -0.493 e. The number of para-hydroxylation sites is 2. The molecule has 26 heavy (non-hydrogen) atoms. The normalized spacial score (nSPS) is 10.3. The minimum atomic E-state index is -0.581. The zero-order valence-corrected chi connectivity index (χ0v) is 14.9. The van der Waals surface area contributed by atoms with E-state index in [2.05, 4.69) is 20.6 Å². The molecule has 140 valence electrons. The summed E-state index contributed by atoms with van der Waals surface area (Å²) in [6.07, 6.45) is 4.71. The van der Waals surface area contributed by atoms with Crippen LogP contribution in [-0.4, -0.2) is 49.2 Å². The van der Waals surface area contributed by atoms with Gasteiger partial charge < -0.3 is 25.8 Å².